The van der Waals surface area contributed by atoms with Crippen molar-refractivity contribution >= 4 is 52.5 Å². The number of nitrogens with one attached hydrogen (secondary N) is 5. The Morgan fingerprint density at radius 1 is 0.636 bits per heavy atom. The first kappa shape index (κ1) is 46.1. The Morgan fingerprint density at radius 3 is 1.44 bits per heavy atom. The van der Waals surface area contributed by atoms with Crippen molar-refractivity contribution in [2.75, 3.05) is 31.3 Å². The van der Waals surface area contributed by atoms with E-state index in [2.05, 4.69) is 26.6 Å². The molecule has 3 rings (SSSR count). The number of benzene rings is 2. The van der Waals surface area contributed by atoms with Gasteiger partial charge in [0.1, 0.15) is 0 Å². The van der Waals surface area contributed by atoms with Crippen LogP contribution >= 0.6 is 0 Å². The third kappa shape index (κ3) is 15.7. The van der Waals surface area contributed by atoms with Gasteiger partial charge in [0, 0.05) is 74.3 Å². The summed E-state index contributed by atoms with van der Waals surface area (Å²) in [4.78, 5) is 86.0. The number of rotatable bonds is 20. The third-order valence-corrected chi connectivity index (χ3v) is 9.00. The van der Waals surface area contributed by atoms with E-state index in [0.29, 0.717) is 5.69 Å². The van der Waals surface area contributed by atoms with Crippen molar-refractivity contribution in [2.45, 2.75) is 86.0 Å². The van der Waals surface area contributed by atoms with Crippen molar-refractivity contribution in [3.8, 4) is 0 Å². The van der Waals surface area contributed by atoms with Crippen LogP contribution in [0.5, 0.6) is 0 Å². The number of hydrogen-bond acceptors (Lipinski definition) is 10. The summed E-state index contributed by atoms with van der Waals surface area (Å²) in [6.45, 7) is 12.3. The Labute approximate surface area is 324 Å². The molecule has 0 aliphatic carbocycles. The van der Waals surface area contributed by atoms with Gasteiger partial charge < -0.3 is 32.3 Å². The van der Waals surface area contributed by atoms with Crippen LogP contribution in [0.15, 0.2) is 60.7 Å². The molecular weight excluding hydrogens is 702 g/mol. The van der Waals surface area contributed by atoms with Crippen LogP contribution in [0.2, 0.25) is 0 Å². The molecule has 14 nitrogen and oxygen atoms in total. The average Bonchev–Trinajstić information content (AvgIpc) is 3.46. The topological polar surface area (TPSA) is 209 Å². The van der Waals surface area contributed by atoms with Gasteiger partial charge in [0.25, 0.3) is 11.8 Å². The molecule has 4 atom stereocenters. The summed E-state index contributed by atoms with van der Waals surface area (Å²) >= 11 is 0. The zero-order valence-electron chi connectivity index (χ0n) is 33.4. The number of hydrogen-bond donors (Lipinski definition) is 6. The van der Waals surface area contributed by atoms with Gasteiger partial charge in [-0.25, -0.2) is 0 Å². The fourth-order valence-corrected chi connectivity index (χ4v) is 5.50. The summed E-state index contributed by atoms with van der Waals surface area (Å²) in [5.41, 5.74) is 9.43. The number of nitrogens with zero attached hydrogens (tertiary/aromatic N) is 1. The van der Waals surface area contributed by atoms with Gasteiger partial charge in [-0.2, -0.15) is 0 Å². The van der Waals surface area contributed by atoms with Gasteiger partial charge in [0.15, 0.2) is 11.6 Å². The van der Waals surface area contributed by atoms with E-state index in [0.717, 1.165) is 47.0 Å². The second-order valence-corrected chi connectivity index (χ2v) is 14.5. The van der Waals surface area contributed by atoms with Crippen molar-refractivity contribution in [2.24, 2.45) is 29.4 Å². The Bertz CT molecular complexity index is 1640. The van der Waals surface area contributed by atoms with E-state index in [1.165, 1.54) is 0 Å². The molecule has 5 amide bonds. The van der Waals surface area contributed by atoms with Crippen molar-refractivity contribution in [1.29, 1.82) is 0 Å². The van der Waals surface area contributed by atoms with E-state index in [-0.39, 0.29) is 61.0 Å². The number of ketones is 2. The van der Waals surface area contributed by atoms with E-state index in [1.54, 1.807) is 27.7 Å². The van der Waals surface area contributed by atoms with Crippen LogP contribution in [0.3, 0.4) is 0 Å². The molecule has 7 N–H and O–H groups in total. The standard InChI is InChI=1S/C24H32N4O5.C17H27N3O2/c1-15(2)23(27-20(30)11-12-28-21(31)9-10-22(28)32)19(29)13-16(3)24(33)26-18-7-5-17(6-8-18)14-25-4;1-11(2)16(18)15(21)9-12(3)17(22)20-14-7-5-13(6-8-14)10-19-4/h5-10,15-16,23,25H,11-14H2,1-4H3,(H,26,33)(H,27,30);5-8,11-12,16,19H,9-10,18H2,1-4H3,(H,20,22)/t16-,23?;12-,16?/m11/s1. The SMILES string of the molecule is CNCc1ccc(NC(=O)[C@H](C)CC(=O)C(N)C(C)C)cc1.CNCc1ccc(NC(=O)[C@H](C)CC(=O)C(NC(=O)CCN2C(=O)C=CC2=O)C(C)C)cc1. The van der Waals surface area contributed by atoms with Crippen LogP contribution in [0, 0.1) is 23.7 Å². The van der Waals surface area contributed by atoms with Gasteiger partial charge in [0.05, 0.1) is 12.1 Å². The van der Waals surface area contributed by atoms with E-state index < -0.39 is 41.6 Å². The van der Waals surface area contributed by atoms with E-state index in [1.807, 2.05) is 76.5 Å². The maximum absolute atomic E-state index is 12.8. The quantitative estimate of drug-likeness (QED) is 0.109. The van der Waals surface area contributed by atoms with Crippen LogP contribution < -0.4 is 32.3 Å². The highest BCUT2D eigenvalue weighted by atomic mass is 16.2. The Kier molecular flexibility index (Phi) is 19.3. The summed E-state index contributed by atoms with van der Waals surface area (Å²) in [5, 5.41) is 14.4. The lowest BCUT2D eigenvalue weighted by atomic mass is 9.92. The van der Waals surface area contributed by atoms with E-state index >= 15 is 0 Å². The monoisotopic (exact) mass is 761 g/mol. The highest BCUT2D eigenvalue weighted by Gasteiger charge is 2.29. The molecule has 55 heavy (non-hydrogen) atoms. The van der Waals surface area contributed by atoms with Crippen LogP contribution in [0.4, 0.5) is 11.4 Å². The van der Waals surface area contributed by atoms with Gasteiger partial charge in [-0.3, -0.25) is 38.5 Å². The Hall–Kier alpha value is -5.05. The van der Waals surface area contributed by atoms with Crippen molar-refractivity contribution < 1.29 is 33.6 Å². The Morgan fingerprint density at radius 2 is 1.05 bits per heavy atom. The molecule has 1 heterocycles. The highest BCUT2D eigenvalue weighted by Crippen LogP contribution is 2.17. The number of imide groups is 1. The van der Waals surface area contributed by atoms with Crippen LogP contribution in [-0.2, 0) is 46.7 Å². The molecule has 0 spiro atoms. The van der Waals surface area contributed by atoms with Gasteiger partial charge in [0.2, 0.25) is 17.7 Å². The normalized spacial score (nSPS) is 14.5. The highest BCUT2D eigenvalue weighted by molar-refractivity contribution is 6.13. The molecular formula is C41H59N7O7. The lowest BCUT2D eigenvalue weighted by Gasteiger charge is -2.23. The molecule has 2 unspecified atom stereocenters. The van der Waals surface area contributed by atoms with Crippen LogP contribution in [0.1, 0.15) is 71.9 Å². The van der Waals surface area contributed by atoms with Gasteiger partial charge in [-0.1, -0.05) is 65.8 Å². The molecule has 0 saturated heterocycles. The lowest BCUT2D eigenvalue weighted by Crippen LogP contribution is -2.46. The fraction of sp³-hybridized carbons (Fsp3) is 0.488. The molecule has 0 fully saturated rings. The summed E-state index contributed by atoms with van der Waals surface area (Å²) in [6, 6.07) is 13.8. The number of anilines is 2. The third-order valence-electron chi connectivity index (χ3n) is 9.00. The maximum Gasteiger partial charge on any atom is 0.253 e. The predicted molar refractivity (Wildman–Crippen MR) is 213 cm³/mol. The lowest BCUT2D eigenvalue weighted by molar-refractivity contribution is -0.137. The van der Waals surface area contributed by atoms with E-state index in [4.69, 9.17) is 5.73 Å². The second kappa shape index (κ2) is 23.0. The van der Waals surface area contributed by atoms with E-state index in [9.17, 15) is 33.6 Å². The molecule has 0 saturated carbocycles. The second-order valence-electron chi connectivity index (χ2n) is 14.5. The summed E-state index contributed by atoms with van der Waals surface area (Å²) in [5.74, 6) is -3.19. The molecule has 300 valence electrons. The predicted octanol–water partition coefficient (Wildman–Crippen LogP) is 3.32. The molecule has 0 aromatic heterocycles. The van der Waals surface area contributed by atoms with Crippen LogP contribution in [0.25, 0.3) is 0 Å². The van der Waals surface area contributed by atoms with Gasteiger partial charge in [-0.15, -0.1) is 0 Å². The number of amides is 5. The summed E-state index contributed by atoms with van der Waals surface area (Å²) in [7, 11) is 3.74. The minimum Gasteiger partial charge on any atom is -0.346 e. The number of carbonyl (C=O) groups excluding carboxylic acids is 7. The molecule has 0 radical (unpaired) electrons. The van der Waals surface area contributed by atoms with Crippen molar-refractivity contribution in [1.82, 2.24) is 20.9 Å². The van der Waals surface area contributed by atoms with Crippen molar-refractivity contribution in [3.05, 3.63) is 71.8 Å². The summed E-state index contributed by atoms with van der Waals surface area (Å²) < 4.78 is 0. The molecule has 1 aliphatic rings. The summed E-state index contributed by atoms with van der Waals surface area (Å²) in [6.07, 6.45) is 2.35. The number of carbonyl (C=O) groups is 7. The minimum atomic E-state index is -0.767. The molecule has 2 aromatic rings. The smallest absolute Gasteiger partial charge is 0.253 e. The van der Waals surface area contributed by atoms with Crippen molar-refractivity contribution in [3.63, 3.8) is 0 Å². The zero-order valence-corrected chi connectivity index (χ0v) is 33.4. The molecule has 14 heteroatoms. The first-order chi connectivity index (χ1) is 26.0. The zero-order chi connectivity index (χ0) is 41.2. The molecule has 0 bridgehead atoms. The van der Waals surface area contributed by atoms with Crippen LogP contribution in [-0.4, -0.2) is 78.7 Å². The minimum absolute atomic E-state index is 0.0280. The molecule has 1 aliphatic heterocycles. The largest absolute Gasteiger partial charge is 0.346 e. The van der Waals surface area contributed by atoms with Gasteiger partial charge in [-0.05, 0) is 61.3 Å². The number of Topliss-reactive ketones (excluding diaryl/α,β-unsaturated/α-hetero) is 2. The maximum atomic E-state index is 12.8. The first-order valence-electron chi connectivity index (χ1n) is 18.7. The average molecular weight is 762 g/mol. The first-order valence-corrected chi connectivity index (χ1v) is 18.7. The molecule has 2 aromatic carbocycles. The Balaban J connectivity index is 0.000000413. The number of nitrogens with two attached hydrogens (primary N) is 1. The fourth-order valence-electron chi connectivity index (χ4n) is 5.50. The van der Waals surface area contributed by atoms with Gasteiger partial charge >= 0.3 is 0 Å².